The average Bonchev–Trinajstić information content (AvgIpc) is 3.52. The topological polar surface area (TPSA) is 93.2 Å². The number of aliphatic imine (C=N–C) groups is 1. The van der Waals surface area contributed by atoms with Crippen molar-refractivity contribution in [3.05, 3.63) is 74.5 Å². The summed E-state index contributed by atoms with van der Waals surface area (Å²) in [5.41, 5.74) is 5.01. The van der Waals surface area contributed by atoms with E-state index in [0.29, 0.717) is 10.7 Å². The van der Waals surface area contributed by atoms with Gasteiger partial charge in [-0.2, -0.15) is 5.26 Å². The van der Waals surface area contributed by atoms with Gasteiger partial charge in [-0.3, -0.25) is 14.4 Å². The molecule has 0 bridgehead atoms. The fraction of sp³-hybridized carbons (Fsp3) is 0.240. The van der Waals surface area contributed by atoms with Crippen LogP contribution in [-0.2, 0) is 9.53 Å². The second-order valence-electron chi connectivity index (χ2n) is 8.03. The Kier molecular flexibility index (Phi) is 5.63. The smallest absolute Gasteiger partial charge is 0.308 e. The van der Waals surface area contributed by atoms with Gasteiger partial charge in [-0.15, -0.1) is 32.9 Å². The van der Waals surface area contributed by atoms with E-state index in [2.05, 4.69) is 30.1 Å². The first-order valence-electron chi connectivity index (χ1n) is 10.7. The summed E-state index contributed by atoms with van der Waals surface area (Å²) in [5, 5.41) is 18.8. The highest BCUT2D eigenvalue weighted by Gasteiger charge is 2.32. The van der Waals surface area contributed by atoms with E-state index < -0.39 is 6.04 Å². The van der Waals surface area contributed by atoms with Gasteiger partial charge in [-0.1, -0.05) is 24.3 Å². The molecule has 0 unspecified atom stereocenters. The van der Waals surface area contributed by atoms with Gasteiger partial charge in [0.05, 0.1) is 19.2 Å². The molecule has 1 aromatic carbocycles. The molecule has 4 aromatic rings. The van der Waals surface area contributed by atoms with Crippen LogP contribution in [0.1, 0.15) is 50.6 Å². The zero-order valence-corrected chi connectivity index (χ0v) is 20.8. The number of fused-ring (bicyclic) bond motifs is 3. The maximum absolute atomic E-state index is 12.2. The van der Waals surface area contributed by atoms with E-state index in [4.69, 9.17) is 15.0 Å². The van der Waals surface area contributed by atoms with Crippen molar-refractivity contribution in [1.82, 2.24) is 14.8 Å². The number of benzene rings is 1. The molecule has 1 aliphatic heterocycles. The maximum atomic E-state index is 12.2. The Hall–Kier alpha value is -3.61. The van der Waals surface area contributed by atoms with Gasteiger partial charge in [0.25, 0.3) is 0 Å². The first kappa shape index (κ1) is 22.2. The lowest BCUT2D eigenvalue weighted by molar-refractivity contribution is -0.141. The SMILES string of the molecule is COC(=O)C[C@@H]1N=C(c2ccc(-c3ccc(C#N)s3)cc2)c2c(sc(C)c2C)-n2c(C)nnc21. The van der Waals surface area contributed by atoms with Crippen LogP contribution in [0.4, 0.5) is 0 Å². The number of aryl methyl sites for hydroxylation is 2. The minimum atomic E-state index is -0.516. The van der Waals surface area contributed by atoms with Crippen molar-refractivity contribution in [2.45, 2.75) is 33.2 Å². The highest BCUT2D eigenvalue weighted by Crippen LogP contribution is 2.40. The number of thiophene rings is 2. The van der Waals surface area contributed by atoms with Crippen LogP contribution in [0.2, 0.25) is 0 Å². The molecule has 0 saturated carbocycles. The summed E-state index contributed by atoms with van der Waals surface area (Å²) < 4.78 is 6.97. The zero-order valence-electron chi connectivity index (χ0n) is 19.1. The van der Waals surface area contributed by atoms with Crippen LogP contribution in [0.3, 0.4) is 0 Å². The molecule has 9 heteroatoms. The van der Waals surface area contributed by atoms with Gasteiger partial charge in [0.15, 0.2) is 5.82 Å². The molecule has 0 aliphatic carbocycles. The summed E-state index contributed by atoms with van der Waals surface area (Å²) in [6.07, 6.45) is 0.0787. The summed E-state index contributed by atoms with van der Waals surface area (Å²) in [4.78, 5) is 20.3. The molecular weight excluding hydrogens is 466 g/mol. The van der Waals surface area contributed by atoms with Crippen LogP contribution in [0.25, 0.3) is 15.4 Å². The van der Waals surface area contributed by atoms with E-state index >= 15 is 0 Å². The molecule has 0 saturated heterocycles. The van der Waals surface area contributed by atoms with Crippen LogP contribution >= 0.6 is 22.7 Å². The third-order valence-corrected chi connectivity index (χ3v) is 8.22. The Balaban J connectivity index is 1.67. The predicted octanol–water partition coefficient (Wildman–Crippen LogP) is 5.31. The van der Waals surface area contributed by atoms with Crippen molar-refractivity contribution in [1.29, 1.82) is 5.26 Å². The number of nitriles is 1. The first-order valence-corrected chi connectivity index (χ1v) is 12.3. The lowest BCUT2D eigenvalue weighted by Crippen LogP contribution is -2.12. The van der Waals surface area contributed by atoms with Crippen LogP contribution in [0, 0.1) is 32.1 Å². The van der Waals surface area contributed by atoms with Crippen LogP contribution < -0.4 is 0 Å². The number of ether oxygens (including phenoxy) is 1. The molecule has 0 N–H and O–H groups in total. The molecule has 0 radical (unpaired) electrons. The summed E-state index contributed by atoms with van der Waals surface area (Å²) >= 11 is 3.15. The number of esters is 1. The molecule has 34 heavy (non-hydrogen) atoms. The Morgan fingerprint density at radius 3 is 2.50 bits per heavy atom. The lowest BCUT2D eigenvalue weighted by Gasteiger charge is -2.12. The fourth-order valence-electron chi connectivity index (χ4n) is 4.11. The molecular formula is C25H21N5O2S2. The van der Waals surface area contributed by atoms with Gasteiger partial charge in [-0.25, -0.2) is 0 Å². The normalized spacial score (nSPS) is 14.6. The highest BCUT2D eigenvalue weighted by molar-refractivity contribution is 7.16. The van der Waals surface area contributed by atoms with Crippen molar-refractivity contribution < 1.29 is 9.53 Å². The quantitative estimate of drug-likeness (QED) is 0.364. The summed E-state index contributed by atoms with van der Waals surface area (Å²) in [6.45, 7) is 6.12. The van der Waals surface area contributed by atoms with E-state index in [1.54, 1.807) is 11.3 Å². The van der Waals surface area contributed by atoms with Gasteiger partial charge < -0.3 is 4.74 Å². The zero-order chi connectivity index (χ0) is 24.0. The Morgan fingerprint density at radius 2 is 1.82 bits per heavy atom. The van der Waals surface area contributed by atoms with E-state index in [1.165, 1.54) is 23.3 Å². The molecule has 3 aromatic heterocycles. The Labute approximate surface area is 205 Å². The molecule has 4 heterocycles. The Bertz CT molecular complexity index is 1480. The largest absolute Gasteiger partial charge is 0.469 e. The third-order valence-electron chi connectivity index (χ3n) is 5.99. The summed E-state index contributed by atoms with van der Waals surface area (Å²) in [5.74, 6) is 1.05. The number of hydrogen-bond donors (Lipinski definition) is 0. The Morgan fingerprint density at radius 1 is 1.09 bits per heavy atom. The van der Waals surface area contributed by atoms with Gasteiger partial charge in [0.1, 0.15) is 27.8 Å². The molecule has 0 spiro atoms. The average molecular weight is 488 g/mol. The number of carbonyl (C=O) groups excluding carboxylic acids is 1. The van der Waals surface area contributed by atoms with Gasteiger partial charge in [-0.05, 0) is 44.0 Å². The number of nitrogens with zero attached hydrogens (tertiary/aromatic N) is 5. The third kappa shape index (κ3) is 3.65. The summed E-state index contributed by atoms with van der Waals surface area (Å²) in [7, 11) is 1.38. The molecule has 0 amide bonds. The molecule has 1 atom stereocenters. The van der Waals surface area contributed by atoms with Crippen LogP contribution in [0.15, 0.2) is 41.4 Å². The summed E-state index contributed by atoms with van der Waals surface area (Å²) in [6, 6.07) is 13.7. The van der Waals surface area contributed by atoms with Gasteiger partial charge >= 0.3 is 5.97 Å². The number of carbonyl (C=O) groups is 1. The molecule has 0 fully saturated rings. The number of methoxy groups -OCH3 is 1. The van der Waals surface area contributed by atoms with E-state index in [9.17, 15) is 4.79 Å². The van der Waals surface area contributed by atoms with Crippen molar-refractivity contribution in [3.63, 3.8) is 0 Å². The minimum Gasteiger partial charge on any atom is -0.469 e. The van der Waals surface area contributed by atoms with Gasteiger partial charge in [0, 0.05) is 20.9 Å². The van der Waals surface area contributed by atoms with E-state index in [-0.39, 0.29) is 12.4 Å². The number of rotatable bonds is 4. The predicted molar refractivity (Wildman–Crippen MR) is 133 cm³/mol. The van der Waals surface area contributed by atoms with Gasteiger partial charge in [0.2, 0.25) is 0 Å². The molecule has 170 valence electrons. The van der Waals surface area contributed by atoms with E-state index in [0.717, 1.165) is 43.7 Å². The second kappa shape index (κ2) is 8.63. The highest BCUT2D eigenvalue weighted by atomic mass is 32.1. The fourth-order valence-corrected chi connectivity index (χ4v) is 6.13. The molecule has 7 nitrogen and oxygen atoms in total. The lowest BCUT2D eigenvalue weighted by atomic mass is 9.98. The standard InChI is InChI=1S/C25H21N5O2S2/c1-13-14(2)33-25-22(13)23(17-7-5-16(6-8-17)20-10-9-18(12-26)34-20)27-19(11-21(31)32-4)24-29-28-15(3)30(24)25/h5-10,19H,11H2,1-4H3/t19-/m0/s1. The van der Waals surface area contributed by atoms with Crippen molar-refractivity contribution >= 4 is 34.4 Å². The minimum absolute atomic E-state index is 0.0787. The van der Waals surface area contributed by atoms with Crippen LogP contribution in [-0.4, -0.2) is 33.6 Å². The number of aromatic nitrogens is 3. The van der Waals surface area contributed by atoms with Crippen molar-refractivity contribution in [2.24, 2.45) is 4.99 Å². The monoisotopic (exact) mass is 487 g/mol. The molecule has 1 aliphatic rings. The number of hydrogen-bond acceptors (Lipinski definition) is 8. The van der Waals surface area contributed by atoms with Crippen molar-refractivity contribution in [2.75, 3.05) is 7.11 Å². The van der Waals surface area contributed by atoms with Crippen molar-refractivity contribution in [3.8, 4) is 21.5 Å². The van der Waals surface area contributed by atoms with Crippen LogP contribution in [0.5, 0.6) is 0 Å². The first-order chi connectivity index (χ1) is 16.4. The second-order valence-corrected chi connectivity index (χ2v) is 10.3. The van der Waals surface area contributed by atoms with E-state index in [1.807, 2.05) is 47.9 Å². The maximum Gasteiger partial charge on any atom is 0.308 e. The molecule has 5 rings (SSSR count).